The molecule has 1 aliphatic rings. The van der Waals surface area contributed by atoms with Gasteiger partial charge in [0.15, 0.2) is 5.65 Å². The molecule has 0 unspecified atom stereocenters. The summed E-state index contributed by atoms with van der Waals surface area (Å²) in [5, 5.41) is 8.68. The molecule has 0 spiro atoms. The molecule has 3 aromatic rings. The maximum absolute atomic E-state index is 12.6. The van der Waals surface area contributed by atoms with E-state index in [4.69, 9.17) is 9.97 Å². The fraction of sp³-hybridized carbons (Fsp3) is 0.500. The molecule has 1 saturated heterocycles. The Morgan fingerprint density at radius 1 is 1.03 bits per heavy atom. The number of aromatic nitrogens is 4. The maximum atomic E-state index is 12.6. The highest BCUT2D eigenvalue weighted by atomic mass is 16.2. The molecule has 1 fully saturated rings. The molecule has 0 bridgehead atoms. The SMILES string of the molecule is Cc1ccc(-n2ncc3c(N4CCCN(C(=O)NC(C)(C)C)CC4)nc(C)nc32)c(C)c1. The van der Waals surface area contributed by atoms with Crippen molar-refractivity contribution in [1.82, 2.24) is 30.0 Å². The Hall–Kier alpha value is -3.16. The van der Waals surface area contributed by atoms with Crippen molar-refractivity contribution in [1.29, 1.82) is 0 Å². The second-order valence-electron chi connectivity index (χ2n) is 9.69. The smallest absolute Gasteiger partial charge is 0.317 e. The second-order valence-corrected chi connectivity index (χ2v) is 9.69. The molecule has 8 nitrogen and oxygen atoms in total. The number of benzene rings is 1. The molecule has 0 atom stereocenters. The first-order valence-electron chi connectivity index (χ1n) is 11.2. The van der Waals surface area contributed by atoms with Crippen LogP contribution in [-0.4, -0.2) is 62.4 Å². The van der Waals surface area contributed by atoms with Crippen LogP contribution in [0.5, 0.6) is 0 Å². The molecule has 0 aliphatic carbocycles. The minimum atomic E-state index is -0.248. The number of hydrogen-bond acceptors (Lipinski definition) is 5. The van der Waals surface area contributed by atoms with E-state index in [1.54, 1.807) is 0 Å². The first-order valence-corrected chi connectivity index (χ1v) is 11.2. The number of nitrogens with one attached hydrogen (secondary N) is 1. The summed E-state index contributed by atoms with van der Waals surface area (Å²) in [5.74, 6) is 1.60. The summed E-state index contributed by atoms with van der Waals surface area (Å²) in [7, 11) is 0. The van der Waals surface area contributed by atoms with E-state index in [0.717, 1.165) is 54.2 Å². The Morgan fingerprint density at radius 2 is 1.81 bits per heavy atom. The molecule has 8 heteroatoms. The van der Waals surface area contributed by atoms with Gasteiger partial charge in [-0.3, -0.25) is 0 Å². The molecular formula is C24H33N7O. The Morgan fingerprint density at radius 3 is 2.53 bits per heavy atom. The van der Waals surface area contributed by atoms with Gasteiger partial charge >= 0.3 is 6.03 Å². The van der Waals surface area contributed by atoms with E-state index in [9.17, 15) is 4.79 Å². The number of aryl methyl sites for hydroxylation is 3. The number of hydrogen-bond donors (Lipinski definition) is 1. The highest BCUT2D eigenvalue weighted by Crippen LogP contribution is 2.27. The molecule has 0 radical (unpaired) electrons. The number of carbonyl (C=O) groups excluding carboxylic acids is 1. The zero-order valence-corrected chi connectivity index (χ0v) is 19.9. The second kappa shape index (κ2) is 8.41. The van der Waals surface area contributed by atoms with E-state index < -0.39 is 0 Å². The van der Waals surface area contributed by atoms with Gasteiger partial charge in [0.05, 0.1) is 17.3 Å². The van der Waals surface area contributed by atoms with Gasteiger partial charge in [-0.2, -0.15) is 5.10 Å². The molecule has 1 N–H and O–H groups in total. The number of carbonyl (C=O) groups is 1. The van der Waals surface area contributed by atoms with Gasteiger partial charge in [0.2, 0.25) is 0 Å². The summed E-state index contributed by atoms with van der Waals surface area (Å²) >= 11 is 0. The van der Waals surface area contributed by atoms with E-state index in [-0.39, 0.29) is 11.6 Å². The van der Waals surface area contributed by atoms with Gasteiger partial charge in [0, 0.05) is 31.7 Å². The van der Waals surface area contributed by atoms with Crippen molar-refractivity contribution in [2.75, 3.05) is 31.1 Å². The van der Waals surface area contributed by atoms with Crippen molar-refractivity contribution < 1.29 is 4.79 Å². The van der Waals surface area contributed by atoms with Crippen LogP contribution in [0.15, 0.2) is 24.4 Å². The number of urea groups is 1. The van der Waals surface area contributed by atoms with Gasteiger partial charge in [-0.25, -0.2) is 19.4 Å². The highest BCUT2D eigenvalue weighted by Gasteiger charge is 2.25. The van der Waals surface area contributed by atoms with Gasteiger partial charge in [0.1, 0.15) is 11.6 Å². The van der Waals surface area contributed by atoms with Gasteiger partial charge in [-0.05, 0) is 59.6 Å². The number of fused-ring (bicyclic) bond motifs is 1. The Labute approximate surface area is 189 Å². The van der Waals surface area contributed by atoms with Crippen LogP contribution in [0.2, 0.25) is 0 Å². The van der Waals surface area contributed by atoms with Crippen LogP contribution >= 0.6 is 0 Å². The van der Waals surface area contributed by atoms with Crippen molar-refractivity contribution in [2.24, 2.45) is 0 Å². The average molecular weight is 436 g/mol. The van der Waals surface area contributed by atoms with Crippen LogP contribution in [0.1, 0.15) is 44.1 Å². The molecule has 3 heterocycles. The van der Waals surface area contributed by atoms with Gasteiger partial charge < -0.3 is 15.1 Å². The number of anilines is 1. The van der Waals surface area contributed by atoms with Crippen LogP contribution in [-0.2, 0) is 0 Å². The lowest BCUT2D eigenvalue weighted by molar-refractivity contribution is 0.192. The zero-order valence-electron chi connectivity index (χ0n) is 19.9. The molecule has 4 rings (SSSR count). The first-order chi connectivity index (χ1) is 15.1. The van der Waals surface area contributed by atoms with Crippen molar-refractivity contribution >= 4 is 22.9 Å². The third kappa shape index (κ3) is 4.54. The van der Waals surface area contributed by atoms with Crippen LogP contribution in [0.4, 0.5) is 10.6 Å². The van der Waals surface area contributed by atoms with Crippen LogP contribution in [0, 0.1) is 20.8 Å². The summed E-state index contributed by atoms with van der Waals surface area (Å²) in [6.45, 7) is 15.0. The Balaban J connectivity index is 1.64. The average Bonchev–Trinajstić information content (AvgIpc) is 2.94. The van der Waals surface area contributed by atoms with E-state index in [1.807, 2.05) is 43.5 Å². The number of amides is 2. The van der Waals surface area contributed by atoms with Crippen LogP contribution in [0.25, 0.3) is 16.7 Å². The molecule has 2 amide bonds. The van der Waals surface area contributed by atoms with Crippen molar-refractivity contribution in [2.45, 2.75) is 53.5 Å². The summed E-state index contributed by atoms with van der Waals surface area (Å²) in [6.07, 6.45) is 2.74. The van der Waals surface area contributed by atoms with Crippen molar-refractivity contribution in [3.8, 4) is 5.69 Å². The van der Waals surface area contributed by atoms with Crippen molar-refractivity contribution in [3.63, 3.8) is 0 Å². The fourth-order valence-electron chi connectivity index (χ4n) is 4.19. The maximum Gasteiger partial charge on any atom is 0.317 e. The number of rotatable bonds is 2. The van der Waals surface area contributed by atoms with Crippen molar-refractivity contribution in [3.05, 3.63) is 41.3 Å². The summed E-state index contributed by atoms with van der Waals surface area (Å²) < 4.78 is 1.91. The van der Waals surface area contributed by atoms with E-state index >= 15 is 0 Å². The van der Waals surface area contributed by atoms with Gasteiger partial charge in [-0.15, -0.1) is 0 Å². The zero-order chi connectivity index (χ0) is 23.0. The predicted octanol–water partition coefficient (Wildman–Crippen LogP) is 3.76. The lowest BCUT2D eigenvalue weighted by Crippen LogP contribution is -2.49. The largest absolute Gasteiger partial charge is 0.354 e. The Kier molecular flexibility index (Phi) is 5.79. The van der Waals surface area contributed by atoms with E-state index in [2.05, 4.69) is 47.4 Å². The third-order valence-corrected chi connectivity index (χ3v) is 5.67. The van der Waals surface area contributed by atoms with Gasteiger partial charge in [-0.1, -0.05) is 17.7 Å². The molecule has 1 aromatic carbocycles. The molecule has 0 saturated carbocycles. The lowest BCUT2D eigenvalue weighted by Gasteiger charge is -2.27. The van der Waals surface area contributed by atoms with E-state index in [1.165, 1.54) is 5.56 Å². The van der Waals surface area contributed by atoms with Crippen LogP contribution in [0.3, 0.4) is 0 Å². The summed E-state index contributed by atoms with van der Waals surface area (Å²) in [4.78, 5) is 26.3. The molecule has 1 aliphatic heterocycles. The highest BCUT2D eigenvalue weighted by molar-refractivity contribution is 5.88. The quantitative estimate of drug-likeness (QED) is 0.663. The van der Waals surface area contributed by atoms with Gasteiger partial charge in [0.25, 0.3) is 0 Å². The molecule has 170 valence electrons. The standard InChI is InChI=1S/C24H33N7O/c1-16-8-9-20(17(2)14-16)31-22-19(15-25-31)21(26-18(3)27-22)29-10-7-11-30(13-12-29)23(32)28-24(4,5)6/h8-9,14-15H,7,10-13H2,1-6H3,(H,28,32). The molecule has 2 aromatic heterocycles. The predicted molar refractivity (Wildman–Crippen MR) is 128 cm³/mol. The minimum absolute atomic E-state index is 0.00830. The summed E-state index contributed by atoms with van der Waals surface area (Å²) in [6, 6.07) is 6.33. The summed E-state index contributed by atoms with van der Waals surface area (Å²) in [5.41, 5.74) is 3.96. The molecule has 32 heavy (non-hydrogen) atoms. The number of nitrogens with zero attached hydrogens (tertiary/aromatic N) is 6. The minimum Gasteiger partial charge on any atom is -0.354 e. The lowest BCUT2D eigenvalue weighted by atomic mass is 10.1. The molecular weight excluding hydrogens is 402 g/mol. The fourth-order valence-corrected chi connectivity index (χ4v) is 4.19. The topological polar surface area (TPSA) is 79.2 Å². The third-order valence-electron chi connectivity index (χ3n) is 5.67. The van der Waals surface area contributed by atoms with Crippen LogP contribution < -0.4 is 10.2 Å². The first kappa shape index (κ1) is 22.0. The monoisotopic (exact) mass is 435 g/mol. The normalized spacial score (nSPS) is 15.2. The Bertz CT molecular complexity index is 1150. The van der Waals surface area contributed by atoms with E-state index in [0.29, 0.717) is 12.4 Å².